The van der Waals surface area contributed by atoms with Crippen LogP contribution in [0, 0.1) is 0 Å². The minimum Gasteiger partial charge on any atom is -0.336 e. The molecular weight excluding hydrogens is 270 g/mol. The standard InChI is InChI=1S/C11H16BrN3O/c1-2-9-6-10-8-14(11(16)7-12)4-3-5-15(10)13-9/h6H,2-5,7-8H2,1H3. The predicted octanol–water partition coefficient (Wildman–Crippen LogP) is 1.57. The molecule has 1 aliphatic heterocycles. The highest BCUT2D eigenvalue weighted by Crippen LogP contribution is 2.14. The van der Waals surface area contributed by atoms with Crippen molar-refractivity contribution in [1.82, 2.24) is 14.7 Å². The van der Waals surface area contributed by atoms with E-state index in [0.717, 1.165) is 37.3 Å². The molecule has 5 heteroatoms. The van der Waals surface area contributed by atoms with Crippen molar-refractivity contribution in [2.45, 2.75) is 32.9 Å². The van der Waals surface area contributed by atoms with Gasteiger partial charge in [0.1, 0.15) is 0 Å². The molecule has 1 aromatic rings. The quantitative estimate of drug-likeness (QED) is 0.774. The number of aryl methyl sites for hydroxylation is 2. The molecule has 1 amide bonds. The van der Waals surface area contributed by atoms with E-state index < -0.39 is 0 Å². The first kappa shape index (κ1) is 11.6. The van der Waals surface area contributed by atoms with Crippen molar-refractivity contribution in [1.29, 1.82) is 0 Å². The molecular formula is C11H16BrN3O. The molecule has 1 aliphatic rings. The van der Waals surface area contributed by atoms with Crippen LogP contribution in [0.4, 0.5) is 0 Å². The topological polar surface area (TPSA) is 38.1 Å². The van der Waals surface area contributed by atoms with Crippen molar-refractivity contribution in [3.63, 3.8) is 0 Å². The molecule has 0 spiro atoms. The van der Waals surface area contributed by atoms with Crippen molar-refractivity contribution in [2.75, 3.05) is 11.9 Å². The molecule has 0 aliphatic carbocycles. The van der Waals surface area contributed by atoms with Gasteiger partial charge in [0.05, 0.1) is 23.3 Å². The Bertz CT molecular complexity index is 389. The summed E-state index contributed by atoms with van der Waals surface area (Å²) in [6.45, 7) is 4.54. The maximum Gasteiger partial charge on any atom is 0.233 e. The number of nitrogens with zero attached hydrogens (tertiary/aromatic N) is 3. The molecule has 0 saturated heterocycles. The van der Waals surface area contributed by atoms with Gasteiger partial charge in [-0.05, 0) is 18.9 Å². The highest BCUT2D eigenvalue weighted by molar-refractivity contribution is 9.09. The average Bonchev–Trinajstić information content (AvgIpc) is 2.59. The summed E-state index contributed by atoms with van der Waals surface area (Å²) in [6.07, 6.45) is 1.93. The van der Waals surface area contributed by atoms with Gasteiger partial charge in [0.25, 0.3) is 0 Å². The molecule has 16 heavy (non-hydrogen) atoms. The maximum atomic E-state index is 11.7. The van der Waals surface area contributed by atoms with Gasteiger partial charge in [0.15, 0.2) is 0 Å². The summed E-state index contributed by atoms with van der Waals surface area (Å²) in [5.41, 5.74) is 2.27. The van der Waals surface area contributed by atoms with Crippen LogP contribution in [0.5, 0.6) is 0 Å². The fraction of sp³-hybridized carbons (Fsp3) is 0.636. The van der Waals surface area contributed by atoms with E-state index in [0.29, 0.717) is 11.9 Å². The number of alkyl halides is 1. The third kappa shape index (κ3) is 2.29. The van der Waals surface area contributed by atoms with E-state index in [1.165, 1.54) is 0 Å². The van der Waals surface area contributed by atoms with Gasteiger partial charge in [-0.2, -0.15) is 5.10 Å². The first-order valence-corrected chi connectivity index (χ1v) is 6.76. The molecule has 1 aromatic heterocycles. The first-order valence-electron chi connectivity index (χ1n) is 5.64. The van der Waals surface area contributed by atoms with Crippen LogP contribution in [0.1, 0.15) is 24.7 Å². The van der Waals surface area contributed by atoms with Gasteiger partial charge < -0.3 is 4.90 Å². The SMILES string of the molecule is CCc1cc2n(n1)CCCN(C(=O)CBr)C2. The monoisotopic (exact) mass is 285 g/mol. The number of halogens is 1. The smallest absolute Gasteiger partial charge is 0.233 e. The Morgan fingerprint density at radius 3 is 3.06 bits per heavy atom. The van der Waals surface area contributed by atoms with Crippen molar-refractivity contribution in [3.05, 3.63) is 17.5 Å². The molecule has 88 valence electrons. The third-order valence-corrected chi connectivity index (χ3v) is 3.37. The third-order valence-electron chi connectivity index (χ3n) is 2.89. The lowest BCUT2D eigenvalue weighted by Gasteiger charge is -2.18. The predicted molar refractivity (Wildman–Crippen MR) is 65.4 cm³/mol. The zero-order chi connectivity index (χ0) is 11.5. The van der Waals surface area contributed by atoms with Crippen LogP contribution < -0.4 is 0 Å². The van der Waals surface area contributed by atoms with Crippen molar-refractivity contribution >= 4 is 21.8 Å². The summed E-state index contributed by atoms with van der Waals surface area (Å²) >= 11 is 3.22. The fourth-order valence-electron chi connectivity index (χ4n) is 1.99. The van der Waals surface area contributed by atoms with Crippen molar-refractivity contribution < 1.29 is 4.79 Å². The zero-order valence-electron chi connectivity index (χ0n) is 9.45. The lowest BCUT2D eigenvalue weighted by Crippen LogP contribution is -2.31. The van der Waals surface area contributed by atoms with Crippen LogP contribution in [0.2, 0.25) is 0 Å². The molecule has 2 heterocycles. The Morgan fingerprint density at radius 1 is 1.56 bits per heavy atom. The van der Waals surface area contributed by atoms with Crippen LogP contribution in [-0.4, -0.2) is 32.5 Å². The van der Waals surface area contributed by atoms with Gasteiger partial charge in [-0.3, -0.25) is 9.48 Å². The van der Waals surface area contributed by atoms with Crippen molar-refractivity contribution in [2.24, 2.45) is 0 Å². The lowest BCUT2D eigenvalue weighted by molar-refractivity contribution is -0.128. The fourth-order valence-corrected chi connectivity index (χ4v) is 2.35. The summed E-state index contributed by atoms with van der Waals surface area (Å²) < 4.78 is 2.04. The van der Waals surface area contributed by atoms with Crippen LogP contribution in [0.3, 0.4) is 0 Å². The highest BCUT2D eigenvalue weighted by atomic mass is 79.9. The number of carbonyl (C=O) groups is 1. The molecule has 0 aromatic carbocycles. The molecule has 0 unspecified atom stereocenters. The molecule has 0 fully saturated rings. The van der Waals surface area contributed by atoms with E-state index in [1.807, 2.05) is 9.58 Å². The van der Waals surface area contributed by atoms with Gasteiger partial charge in [-0.1, -0.05) is 22.9 Å². The number of carbonyl (C=O) groups excluding carboxylic acids is 1. The molecule has 0 atom stereocenters. The highest BCUT2D eigenvalue weighted by Gasteiger charge is 2.19. The van der Waals surface area contributed by atoms with Gasteiger partial charge in [0, 0.05) is 13.1 Å². The number of fused-ring (bicyclic) bond motifs is 1. The van der Waals surface area contributed by atoms with Crippen molar-refractivity contribution in [3.8, 4) is 0 Å². The van der Waals surface area contributed by atoms with Gasteiger partial charge in [0.2, 0.25) is 5.91 Å². The van der Waals surface area contributed by atoms with Crippen LogP contribution >= 0.6 is 15.9 Å². The summed E-state index contributed by atoms with van der Waals surface area (Å²) in [5, 5.41) is 4.92. The van der Waals surface area contributed by atoms with E-state index >= 15 is 0 Å². The normalized spacial score (nSPS) is 15.8. The van der Waals surface area contributed by atoms with E-state index in [4.69, 9.17) is 0 Å². The number of amides is 1. The maximum absolute atomic E-state index is 11.7. The summed E-state index contributed by atoms with van der Waals surface area (Å²) in [4.78, 5) is 13.6. The van der Waals surface area contributed by atoms with E-state index in [1.54, 1.807) is 0 Å². The van der Waals surface area contributed by atoms with Gasteiger partial charge in [-0.15, -0.1) is 0 Å². The Kier molecular flexibility index (Phi) is 3.63. The van der Waals surface area contributed by atoms with Crippen LogP contribution in [0.25, 0.3) is 0 Å². The minimum atomic E-state index is 0.160. The molecule has 0 radical (unpaired) electrons. The Balaban J connectivity index is 2.19. The Morgan fingerprint density at radius 2 is 2.38 bits per heavy atom. The van der Waals surface area contributed by atoms with E-state index in [9.17, 15) is 4.79 Å². The van der Waals surface area contributed by atoms with E-state index in [2.05, 4.69) is 34.0 Å². The first-order chi connectivity index (χ1) is 7.74. The number of hydrogen-bond acceptors (Lipinski definition) is 2. The molecule has 0 N–H and O–H groups in total. The lowest BCUT2D eigenvalue weighted by atomic mass is 10.3. The zero-order valence-corrected chi connectivity index (χ0v) is 11.0. The molecule has 2 rings (SSSR count). The van der Waals surface area contributed by atoms with Gasteiger partial charge >= 0.3 is 0 Å². The summed E-state index contributed by atoms with van der Waals surface area (Å²) in [5.74, 6) is 0.160. The Hall–Kier alpha value is -0.840. The second-order valence-corrected chi connectivity index (χ2v) is 4.57. The number of hydrogen-bond donors (Lipinski definition) is 0. The molecule has 0 bridgehead atoms. The second-order valence-electron chi connectivity index (χ2n) is 4.01. The second kappa shape index (κ2) is 4.99. The number of rotatable bonds is 2. The van der Waals surface area contributed by atoms with Crippen LogP contribution in [-0.2, 0) is 24.3 Å². The number of aromatic nitrogens is 2. The Labute approximate surface area is 104 Å². The largest absolute Gasteiger partial charge is 0.336 e. The molecule has 4 nitrogen and oxygen atoms in total. The van der Waals surface area contributed by atoms with E-state index in [-0.39, 0.29) is 5.91 Å². The summed E-state index contributed by atoms with van der Waals surface area (Å²) in [7, 11) is 0. The van der Waals surface area contributed by atoms with Crippen LogP contribution in [0.15, 0.2) is 6.07 Å². The molecule has 0 saturated carbocycles. The average molecular weight is 286 g/mol. The summed E-state index contributed by atoms with van der Waals surface area (Å²) in [6, 6.07) is 2.11. The van der Waals surface area contributed by atoms with Gasteiger partial charge in [-0.25, -0.2) is 0 Å². The minimum absolute atomic E-state index is 0.160.